The Balaban J connectivity index is 0.000000354. The normalized spacial score (nSPS) is 16.2. The molecule has 3 rings (SSSR count). The Kier molecular flexibility index (Phi) is 12.7. The van der Waals surface area contributed by atoms with Gasteiger partial charge in [-0.05, 0) is 49.1 Å². The Bertz CT molecular complexity index is 860. The maximum Gasteiger partial charge on any atom is 0.303 e. The second-order valence-electron chi connectivity index (χ2n) is 7.36. The first kappa shape index (κ1) is 27.2. The number of methoxy groups -OCH3 is 2. The van der Waals surface area contributed by atoms with Crippen molar-refractivity contribution in [2.45, 2.75) is 51.9 Å². The minimum atomic E-state index is -0.970. The molecule has 0 bridgehead atoms. The number of carbonyl (C=O) groups excluding carboxylic acids is 1. The van der Waals surface area contributed by atoms with Crippen LogP contribution < -0.4 is 9.47 Å². The highest BCUT2D eigenvalue weighted by molar-refractivity contribution is 7.20. The highest BCUT2D eigenvalue weighted by Crippen LogP contribution is 2.36. The van der Waals surface area contributed by atoms with Crippen molar-refractivity contribution >= 4 is 39.6 Å². The highest BCUT2D eigenvalue weighted by Gasteiger charge is 2.14. The number of rotatable bonds is 6. The van der Waals surface area contributed by atoms with E-state index in [1.165, 1.54) is 43.4 Å². The number of ketones is 1. The van der Waals surface area contributed by atoms with Crippen LogP contribution in [0.2, 0.25) is 0 Å². The molecule has 0 amide bonds. The summed E-state index contributed by atoms with van der Waals surface area (Å²) in [5.74, 6) is 1.04. The van der Waals surface area contributed by atoms with Gasteiger partial charge in [-0.15, -0.1) is 11.3 Å². The van der Waals surface area contributed by atoms with Crippen LogP contribution in [-0.2, 0) is 9.59 Å². The molecule has 2 aromatic rings. The number of allylic oxidation sites excluding steroid dienone is 2. The van der Waals surface area contributed by atoms with Crippen LogP contribution in [0.1, 0.15) is 61.5 Å². The molecule has 1 aliphatic carbocycles. The van der Waals surface area contributed by atoms with Crippen LogP contribution in [0.15, 0.2) is 30.4 Å². The number of carboxylic acids is 1. The van der Waals surface area contributed by atoms with Gasteiger partial charge in [0, 0.05) is 17.2 Å². The van der Waals surface area contributed by atoms with E-state index in [0.717, 1.165) is 16.0 Å². The number of benzene rings is 1. The minimum Gasteiger partial charge on any atom is -0.493 e. The van der Waals surface area contributed by atoms with Gasteiger partial charge >= 0.3 is 5.97 Å². The number of Topliss-reactive ketones (excluding diaryl/α,β-unsaturated/α-hetero) is 1. The van der Waals surface area contributed by atoms with Gasteiger partial charge < -0.3 is 19.7 Å². The Morgan fingerprint density at radius 1 is 1.06 bits per heavy atom. The van der Waals surface area contributed by atoms with Crippen molar-refractivity contribution in [2.75, 3.05) is 14.2 Å². The molecule has 176 valence electrons. The summed E-state index contributed by atoms with van der Waals surface area (Å²) in [7, 11) is 3.10. The van der Waals surface area contributed by atoms with Gasteiger partial charge in [0.15, 0.2) is 17.3 Å². The molecule has 0 aliphatic heterocycles. The average molecular weight is 465 g/mol. The first-order valence-corrected chi connectivity index (χ1v) is 11.3. The Labute approximate surface area is 192 Å². The molecule has 1 unspecified atom stereocenters. The average Bonchev–Trinajstić information content (AvgIpc) is 3.17. The third-order valence-corrected chi connectivity index (χ3v) is 6.06. The number of carbonyl (C=O) groups is 3. The second-order valence-corrected chi connectivity index (χ2v) is 8.45. The van der Waals surface area contributed by atoms with E-state index >= 15 is 0 Å². The van der Waals surface area contributed by atoms with Gasteiger partial charge in [0.25, 0.3) is 6.47 Å². The van der Waals surface area contributed by atoms with Gasteiger partial charge in [0.1, 0.15) is 0 Å². The molecule has 0 radical (unpaired) electrons. The van der Waals surface area contributed by atoms with E-state index in [2.05, 4.69) is 19.1 Å². The van der Waals surface area contributed by atoms with Crippen LogP contribution in [-0.4, -0.2) is 42.7 Å². The van der Waals surface area contributed by atoms with Crippen molar-refractivity contribution in [3.63, 3.8) is 0 Å². The highest BCUT2D eigenvalue weighted by atomic mass is 32.1. The van der Waals surface area contributed by atoms with Crippen LogP contribution in [0.4, 0.5) is 0 Å². The summed E-state index contributed by atoms with van der Waals surface area (Å²) in [6, 6.07) is 5.37. The smallest absolute Gasteiger partial charge is 0.303 e. The Morgan fingerprint density at radius 3 is 2.31 bits per heavy atom. The quantitative estimate of drug-likeness (QED) is 0.315. The SMILES string of the molecule is CC1CC/C=C/CCC1.COc1cc2cc(C(=O)CCC(=O)O)sc2cc1OC.O=CO. The zero-order valence-corrected chi connectivity index (χ0v) is 19.7. The number of hydrogen-bond donors (Lipinski definition) is 2. The fourth-order valence-electron chi connectivity index (χ4n) is 3.19. The lowest BCUT2D eigenvalue weighted by Crippen LogP contribution is -2.01. The number of hydrogen-bond acceptors (Lipinski definition) is 6. The lowest BCUT2D eigenvalue weighted by molar-refractivity contribution is -0.137. The number of carboxylic acid groups (broad SMARTS) is 2. The molecule has 1 aliphatic rings. The molecule has 1 heterocycles. The van der Waals surface area contributed by atoms with E-state index in [-0.39, 0.29) is 25.1 Å². The topological polar surface area (TPSA) is 110 Å². The van der Waals surface area contributed by atoms with E-state index in [0.29, 0.717) is 16.4 Å². The maximum absolute atomic E-state index is 11.9. The standard InChI is InChI=1S/C14H14O5S.C9H16.CH2O2/c1-18-10-5-8-6-13(9(15)3-4-14(16)17)20-12(8)7-11(10)19-2;1-9-7-5-3-2-4-6-8-9;2-1-3/h5-7H,3-4H2,1-2H3,(H,16,17);2-3,9H,4-8H2,1H3;1H,(H,2,3)/b;3-2+;. The van der Waals surface area contributed by atoms with Crippen LogP contribution >= 0.6 is 11.3 Å². The van der Waals surface area contributed by atoms with E-state index in [1.807, 2.05) is 6.07 Å². The first-order chi connectivity index (χ1) is 15.4. The summed E-state index contributed by atoms with van der Waals surface area (Å²) in [4.78, 5) is 31.3. The van der Waals surface area contributed by atoms with Crippen molar-refractivity contribution in [3.05, 3.63) is 35.2 Å². The summed E-state index contributed by atoms with van der Waals surface area (Å²) < 4.78 is 11.3. The summed E-state index contributed by atoms with van der Waals surface area (Å²) in [6.45, 7) is 2.11. The zero-order valence-electron chi connectivity index (χ0n) is 18.8. The lowest BCUT2D eigenvalue weighted by Gasteiger charge is -2.10. The predicted octanol–water partition coefficient (Wildman–Crippen LogP) is 5.81. The Morgan fingerprint density at radius 2 is 1.69 bits per heavy atom. The molecular weight excluding hydrogens is 432 g/mol. The molecular formula is C24H32O7S. The molecule has 2 N–H and O–H groups in total. The van der Waals surface area contributed by atoms with Crippen LogP contribution in [0.3, 0.4) is 0 Å². The van der Waals surface area contributed by atoms with E-state index in [1.54, 1.807) is 26.4 Å². The van der Waals surface area contributed by atoms with Gasteiger partial charge in [-0.25, -0.2) is 0 Å². The minimum absolute atomic E-state index is 0.0103. The summed E-state index contributed by atoms with van der Waals surface area (Å²) in [5, 5.41) is 16.4. The van der Waals surface area contributed by atoms with E-state index in [9.17, 15) is 9.59 Å². The largest absolute Gasteiger partial charge is 0.493 e. The summed E-state index contributed by atoms with van der Waals surface area (Å²) in [6.07, 6.45) is 11.4. The van der Waals surface area contributed by atoms with Crippen molar-refractivity contribution < 1.29 is 34.1 Å². The van der Waals surface area contributed by atoms with Gasteiger partial charge in [0.05, 0.1) is 25.5 Å². The van der Waals surface area contributed by atoms with Gasteiger partial charge in [-0.2, -0.15) is 0 Å². The lowest BCUT2D eigenvalue weighted by atomic mass is 9.96. The third kappa shape index (κ3) is 9.51. The monoisotopic (exact) mass is 464 g/mol. The third-order valence-electron chi connectivity index (χ3n) is 4.92. The van der Waals surface area contributed by atoms with Gasteiger partial charge in [-0.3, -0.25) is 14.4 Å². The predicted molar refractivity (Wildman–Crippen MR) is 126 cm³/mol. The summed E-state index contributed by atoms with van der Waals surface area (Å²) in [5.41, 5.74) is 0. The van der Waals surface area contributed by atoms with Crippen molar-refractivity contribution in [3.8, 4) is 11.5 Å². The van der Waals surface area contributed by atoms with Crippen LogP contribution in [0.25, 0.3) is 10.1 Å². The van der Waals surface area contributed by atoms with E-state index in [4.69, 9.17) is 24.5 Å². The van der Waals surface area contributed by atoms with Crippen LogP contribution in [0.5, 0.6) is 11.5 Å². The van der Waals surface area contributed by atoms with E-state index < -0.39 is 5.97 Å². The van der Waals surface area contributed by atoms with Gasteiger partial charge in [-0.1, -0.05) is 25.5 Å². The molecule has 1 aromatic carbocycles. The number of ether oxygens (including phenoxy) is 2. The molecule has 0 spiro atoms. The number of fused-ring (bicyclic) bond motifs is 1. The zero-order chi connectivity index (χ0) is 23.9. The molecule has 0 saturated heterocycles. The molecule has 1 atom stereocenters. The maximum atomic E-state index is 11.9. The van der Waals surface area contributed by atoms with Gasteiger partial charge in [0.2, 0.25) is 0 Å². The first-order valence-electron chi connectivity index (χ1n) is 10.5. The Hall–Kier alpha value is -2.87. The molecule has 1 aromatic heterocycles. The molecule has 32 heavy (non-hydrogen) atoms. The fourth-order valence-corrected chi connectivity index (χ4v) is 4.23. The van der Waals surface area contributed by atoms with Crippen molar-refractivity contribution in [2.24, 2.45) is 5.92 Å². The second kappa shape index (κ2) is 15.0. The summed E-state index contributed by atoms with van der Waals surface area (Å²) >= 11 is 1.33. The number of thiophene rings is 1. The fraction of sp³-hybridized carbons (Fsp3) is 0.458. The molecule has 8 heteroatoms. The van der Waals surface area contributed by atoms with Crippen molar-refractivity contribution in [1.29, 1.82) is 0 Å². The molecule has 0 fully saturated rings. The molecule has 7 nitrogen and oxygen atoms in total. The number of aliphatic carboxylic acids is 1. The molecule has 0 saturated carbocycles. The van der Waals surface area contributed by atoms with Crippen LogP contribution in [0, 0.1) is 5.92 Å². The van der Waals surface area contributed by atoms with Crippen molar-refractivity contribution in [1.82, 2.24) is 0 Å².